The lowest BCUT2D eigenvalue weighted by Gasteiger charge is -2.29. The van der Waals surface area contributed by atoms with Crippen LogP contribution in [-0.2, 0) is 14.3 Å². The van der Waals surface area contributed by atoms with E-state index in [9.17, 15) is 19.8 Å². The number of carbonyl (C=O) groups excluding carboxylic acids is 2. The Morgan fingerprint density at radius 3 is 2.48 bits per heavy atom. The minimum Gasteiger partial charge on any atom is -0.508 e. The molecule has 0 bridgehead atoms. The van der Waals surface area contributed by atoms with Gasteiger partial charge in [0.15, 0.2) is 0 Å². The van der Waals surface area contributed by atoms with Crippen LogP contribution in [0.2, 0.25) is 0 Å². The number of rotatable bonds is 7. The predicted octanol–water partition coefficient (Wildman–Crippen LogP) is 2.54. The lowest BCUT2D eigenvalue weighted by atomic mass is 9.95. The van der Waals surface area contributed by atoms with Gasteiger partial charge in [0.25, 0.3) is 11.7 Å². The Hall–Kier alpha value is -3.36. The SMILES string of the molecule is COc1ccc(/C(O)=C2\C(=O)C(=O)N(CCCN3CCOCC3)C2c2cccc(O)c2)cc1. The van der Waals surface area contributed by atoms with Gasteiger partial charge in [-0.05, 0) is 48.4 Å². The summed E-state index contributed by atoms with van der Waals surface area (Å²) in [6.45, 7) is 4.18. The molecule has 2 N–H and O–H groups in total. The highest BCUT2D eigenvalue weighted by molar-refractivity contribution is 6.46. The third-order valence-electron chi connectivity index (χ3n) is 6.07. The maximum atomic E-state index is 13.1. The van der Waals surface area contributed by atoms with E-state index in [1.165, 1.54) is 17.0 Å². The third kappa shape index (κ3) is 4.86. The predicted molar refractivity (Wildman–Crippen MR) is 122 cm³/mol. The van der Waals surface area contributed by atoms with Crippen LogP contribution >= 0.6 is 0 Å². The van der Waals surface area contributed by atoms with Gasteiger partial charge in [-0.1, -0.05) is 12.1 Å². The topological polar surface area (TPSA) is 99.5 Å². The molecular weight excluding hydrogens is 424 g/mol. The monoisotopic (exact) mass is 452 g/mol. The first-order valence-corrected chi connectivity index (χ1v) is 11.0. The number of Topliss-reactive ketones (excluding diaryl/α,β-unsaturated/α-hetero) is 1. The summed E-state index contributed by atoms with van der Waals surface area (Å²) < 4.78 is 10.5. The number of aliphatic hydroxyl groups is 1. The van der Waals surface area contributed by atoms with Crippen LogP contribution in [0.4, 0.5) is 0 Å². The molecule has 2 aliphatic heterocycles. The average Bonchev–Trinajstić information content (AvgIpc) is 3.09. The van der Waals surface area contributed by atoms with Crippen LogP contribution in [0.1, 0.15) is 23.6 Å². The number of hydrogen-bond acceptors (Lipinski definition) is 7. The second-order valence-electron chi connectivity index (χ2n) is 8.12. The zero-order valence-corrected chi connectivity index (χ0v) is 18.6. The van der Waals surface area contributed by atoms with E-state index >= 15 is 0 Å². The van der Waals surface area contributed by atoms with Crippen molar-refractivity contribution in [2.45, 2.75) is 12.5 Å². The average molecular weight is 453 g/mol. The molecule has 0 radical (unpaired) electrons. The van der Waals surface area contributed by atoms with E-state index in [1.54, 1.807) is 43.5 Å². The first-order chi connectivity index (χ1) is 16.0. The normalized spacial score (nSPS) is 20.9. The number of phenolic OH excluding ortho intramolecular Hbond substituents is 1. The summed E-state index contributed by atoms with van der Waals surface area (Å²) in [4.78, 5) is 29.8. The molecule has 33 heavy (non-hydrogen) atoms. The summed E-state index contributed by atoms with van der Waals surface area (Å²) >= 11 is 0. The number of likely N-dealkylation sites (tertiary alicyclic amines) is 1. The lowest BCUT2D eigenvalue weighted by Crippen LogP contribution is -2.38. The van der Waals surface area contributed by atoms with Gasteiger partial charge in [-0.15, -0.1) is 0 Å². The molecule has 2 heterocycles. The highest BCUT2D eigenvalue weighted by Gasteiger charge is 2.45. The van der Waals surface area contributed by atoms with E-state index in [4.69, 9.17) is 9.47 Å². The van der Waals surface area contributed by atoms with Gasteiger partial charge in [0.2, 0.25) is 0 Å². The molecule has 0 aliphatic carbocycles. The molecule has 0 saturated carbocycles. The van der Waals surface area contributed by atoms with Crippen molar-refractivity contribution in [1.82, 2.24) is 9.80 Å². The first-order valence-electron chi connectivity index (χ1n) is 11.0. The second kappa shape index (κ2) is 10.1. The molecule has 2 aromatic rings. The Morgan fingerprint density at radius 1 is 1.09 bits per heavy atom. The van der Waals surface area contributed by atoms with Crippen molar-refractivity contribution in [3.05, 3.63) is 65.2 Å². The molecule has 2 fully saturated rings. The van der Waals surface area contributed by atoms with Crippen LogP contribution < -0.4 is 4.74 Å². The quantitative estimate of drug-likeness (QED) is 0.378. The molecule has 8 nitrogen and oxygen atoms in total. The Kier molecular flexibility index (Phi) is 6.96. The zero-order chi connectivity index (χ0) is 23.4. The van der Waals surface area contributed by atoms with Gasteiger partial charge in [0.05, 0.1) is 31.9 Å². The highest BCUT2D eigenvalue weighted by Crippen LogP contribution is 2.40. The molecular formula is C25H28N2O6. The third-order valence-corrected chi connectivity index (χ3v) is 6.07. The smallest absolute Gasteiger partial charge is 0.295 e. The van der Waals surface area contributed by atoms with Crippen molar-refractivity contribution < 1.29 is 29.3 Å². The number of amides is 1. The number of nitrogens with zero attached hydrogens (tertiary/aromatic N) is 2. The van der Waals surface area contributed by atoms with E-state index in [2.05, 4.69) is 4.90 Å². The van der Waals surface area contributed by atoms with Crippen molar-refractivity contribution in [2.75, 3.05) is 46.5 Å². The van der Waals surface area contributed by atoms with Gasteiger partial charge in [-0.3, -0.25) is 14.5 Å². The Morgan fingerprint density at radius 2 is 1.82 bits per heavy atom. The molecule has 1 unspecified atom stereocenters. The molecule has 0 spiro atoms. The van der Waals surface area contributed by atoms with Gasteiger partial charge in [-0.2, -0.15) is 0 Å². The summed E-state index contributed by atoms with van der Waals surface area (Å²) in [6, 6.07) is 12.3. The van der Waals surface area contributed by atoms with E-state index in [0.717, 1.165) is 19.6 Å². The fourth-order valence-corrected chi connectivity index (χ4v) is 4.35. The molecule has 0 aromatic heterocycles. The molecule has 1 atom stereocenters. The Balaban J connectivity index is 1.66. The minimum absolute atomic E-state index is 0.0159. The van der Waals surface area contributed by atoms with Gasteiger partial charge in [0, 0.05) is 31.7 Å². The van der Waals surface area contributed by atoms with Gasteiger partial charge >= 0.3 is 0 Å². The molecule has 2 aliphatic rings. The maximum Gasteiger partial charge on any atom is 0.295 e. The van der Waals surface area contributed by atoms with Gasteiger partial charge in [-0.25, -0.2) is 0 Å². The number of methoxy groups -OCH3 is 1. The van der Waals surface area contributed by atoms with Crippen LogP contribution in [0.3, 0.4) is 0 Å². The largest absolute Gasteiger partial charge is 0.508 e. The van der Waals surface area contributed by atoms with Crippen molar-refractivity contribution >= 4 is 17.4 Å². The fourth-order valence-electron chi connectivity index (χ4n) is 4.35. The van der Waals surface area contributed by atoms with Crippen LogP contribution in [0.25, 0.3) is 5.76 Å². The van der Waals surface area contributed by atoms with Crippen LogP contribution in [0.15, 0.2) is 54.1 Å². The van der Waals surface area contributed by atoms with E-state index in [-0.39, 0.29) is 17.1 Å². The van der Waals surface area contributed by atoms with Crippen molar-refractivity contribution in [1.29, 1.82) is 0 Å². The number of aliphatic hydroxyl groups excluding tert-OH is 1. The summed E-state index contributed by atoms with van der Waals surface area (Å²) in [7, 11) is 1.54. The van der Waals surface area contributed by atoms with Gasteiger partial charge < -0.3 is 24.6 Å². The van der Waals surface area contributed by atoms with Crippen molar-refractivity contribution in [3.8, 4) is 11.5 Å². The first kappa shape index (κ1) is 22.8. The summed E-state index contributed by atoms with van der Waals surface area (Å²) in [6.07, 6.45) is 0.672. The Labute approximate surface area is 192 Å². The minimum atomic E-state index is -0.788. The molecule has 8 heteroatoms. The summed E-state index contributed by atoms with van der Waals surface area (Å²) in [5.74, 6) is -1.00. The lowest BCUT2D eigenvalue weighted by molar-refractivity contribution is -0.140. The Bertz CT molecular complexity index is 1040. The number of hydrogen-bond donors (Lipinski definition) is 2. The molecule has 2 saturated heterocycles. The fraction of sp³-hybridized carbons (Fsp3) is 0.360. The molecule has 1 amide bonds. The van der Waals surface area contributed by atoms with E-state index < -0.39 is 17.7 Å². The molecule has 4 rings (SSSR count). The second-order valence-corrected chi connectivity index (χ2v) is 8.12. The number of ether oxygens (including phenoxy) is 2. The summed E-state index contributed by atoms with van der Waals surface area (Å²) in [5, 5.41) is 21.1. The standard InChI is InChI=1S/C25H28N2O6/c1-32-20-8-6-17(7-9-20)23(29)21-22(18-4-2-5-19(28)16-18)27(25(31)24(21)30)11-3-10-26-12-14-33-15-13-26/h2,4-9,16,22,28-29H,3,10-15H2,1H3/b23-21+. The van der Waals surface area contributed by atoms with Gasteiger partial charge in [0.1, 0.15) is 17.3 Å². The number of morpholine rings is 1. The van der Waals surface area contributed by atoms with Crippen molar-refractivity contribution in [3.63, 3.8) is 0 Å². The zero-order valence-electron chi connectivity index (χ0n) is 18.6. The number of ketones is 1. The van der Waals surface area contributed by atoms with Crippen molar-refractivity contribution in [2.24, 2.45) is 0 Å². The van der Waals surface area contributed by atoms with Crippen LogP contribution in [0.5, 0.6) is 11.5 Å². The highest BCUT2D eigenvalue weighted by atomic mass is 16.5. The molecule has 2 aromatic carbocycles. The van der Waals surface area contributed by atoms with Crippen LogP contribution in [-0.4, -0.2) is 78.2 Å². The molecule has 174 valence electrons. The van der Waals surface area contributed by atoms with E-state index in [0.29, 0.717) is 43.1 Å². The number of phenols is 1. The summed E-state index contributed by atoms with van der Waals surface area (Å²) in [5.41, 5.74) is 0.991. The van der Waals surface area contributed by atoms with Crippen LogP contribution in [0, 0.1) is 0 Å². The number of benzene rings is 2. The number of aromatic hydroxyl groups is 1. The maximum absolute atomic E-state index is 13.1. The van der Waals surface area contributed by atoms with E-state index in [1.807, 2.05) is 0 Å². The number of carbonyl (C=O) groups is 2.